The molecule has 1 aromatic rings. The molecular weight excluding hydrogens is 323 g/mol. The first-order chi connectivity index (χ1) is 9.74. The van der Waals surface area contributed by atoms with Crippen molar-refractivity contribution < 1.29 is 9.47 Å². The van der Waals surface area contributed by atoms with E-state index in [1.165, 1.54) is 12.0 Å². The van der Waals surface area contributed by atoms with Crippen molar-refractivity contribution in [3.63, 3.8) is 0 Å². The predicted octanol–water partition coefficient (Wildman–Crippen LogP) is 3.15. The molecule has 22 heavy (non-hydrogen) atoms. The Balaban J connectivity index is 0.00000220. The Morgan fingerprint density at radius 2 is 1.95 bits per heavy atom. The number of rotatable bonds is 6. The zero-order chi connectivity index (χ0) is 14.5. The lowest BCUT2D eigenvalue weighted by atomic mass is 9.92. The fourth-order valence-electron chi connectivity index (χ4n) is 3.27. The van der Waals surface area contributed by atoms with Gasteiger partial charge in [-0.25, -0.2) is 0 Å². The SMILES string of the molecule is CCN1CCC(CNC)C1c1ccc(OC)cc1OC.Cl.Cl. The van der Waals surface area contributed by atoms with E-state index in [4.69, 9.17) is 9.47 Å². The summed E-state index contributed by atoms with van der Waals surface area (Å²) in [6.45, 7) is 5.49. The summed E-state index contributed by atoms with van der Waals surface area (Å²) in [5.41, 5.74) is 1.27. The topological polar surface area (TPSA) is 33.7 Å². The van der Waals surface area contributed by atoms with E-state index in [1.807, 2.05) is 19.2 Å². The molecule has 4 nitrogen and oxygen atoms in total. The van der Waals surface area contributed by atoms with Crippen LogP contribution in [0.1, 0.15) is 24.9 Å². The minimum absolute atomic E-state index is 0. The molecule has 6 heteroatoms. The second kappa shape index (κ2) is 10.2. The zero-order valence-corrected chi connectivity index (χ0v) is 15.4. The van der Waals surface area contributed by atoms with Gasteiger partial charge >= 0.3 is 0 Å². The van der Waals surface area contributed by atoms with Crippen molar-refractivity contribution in [2.45, 2.75) is 19.4 Å². The van der Waals surface area contributed by atoms with Gasteiger partial charge in [-0.15, -0.1) is 24.8 Å². The number of nitrogens with zero attached hydrogens (tertiary/aromatic N) is 1. The molecule has 0 amide bonds. The van der Waals surface area contributed by atoms with Gasteiger partial charge in [0.1, 0.15) is 11.5 Å². The van der Waals surface area contributed by atoms with Gasteiger partial charge in [0.05, 0.1) is 14.2 Å². The number of nitrogens with one attached hydrogen (secondary N) is 1. The molecule has 1 aliphatic heterocycles. The lowest BCUT2D eigenvalue weighted by molar-refractivity contribution is 0.232. The van der Waals surface area contributed by atoms with Gasteiger partial charge in [-0.3, -0.25) is 4.90 Å². The summed E-state index contributed by atoms with van der Waals surface area (Å²) in [7, 11) is 5.44. The standard InChI is InChI=1S/C16H26N2O2.2ClH/c1-5-18-9-8-12(11-17-2)16(18)14-7-6-13(19-3)10-15(14)20-4;;/h6-7,10,12,16-17H,5,8-9,11H2,1-4H3;2*1H. The lowest BCUT2D eigenvalue weighted by Gasteiger charge is -2.29. The van der Waals surface area contributed by atoms with Crippen LogP contribution in [0.2, 0.25) is 0 Å². The van der Waals surface area contributed by atoms with E-state index in [0.29, 0.717) is 12.0 Å². The van der Waals surface area contributed by atoms with Crippen molar-refractivity contribution in [1.29, 1.82) is 0 Å². The molecule has 1 saturated heterocycles. The summed E-state index contributed by atoms with van der Waals surface area (Å²) >= 11 is 0. The summed E-state index contributed by atoms with van der Waals surface area (Å²) in [6.07, 6.45) is 1.23. The van der Waals surface area contributed by atoms with Gasteiger partial charge in [0, 0.05) is 17.7 Å². The van der Waals surface area contributed by atoms with E-state index < -0.39 is 0 Å². The second-order valence-corrected chi connectivity index (χ2v) is 5.29. The monoisotopic (exact) mass is 350 g/mol. The molecular formula is C16H28Cl2N2O2. The Labute approximate surface area is 146 Å². The average molecular weight is 351 g/mol. The number of likely N-dealkylation sites (tertiary alicyclic amines) is 1. The van der Waals surface area contributed by atoms with Gasteiger partial charge in [-0.1, -0.05) is 13.0 Å². The third kappa shape index (κ3) is 4.42. The minimum atomic E-state index is 0. The van der Waals surface area contributed by atoms with Crippen LogP contribution in [0.3, 0.4) is 0 Å². The number of hydrogen-bond donors (Lipinski definition) is 1. The maximum absolute atomic E-state index is 5.59. The van der Waals surface area contributed by atoms with Gasteiger partial charge in [0.25, 0.3) is 0 Å². The Hall–Kier alpha value is -0.680. The molecule has 1 N–H and O–H groups in total. The molecule has 2 atom stereocenters. The number of halogens is 2. The molecule has 0 aromatic heterocycles. The van der Waals surface area contributed by atoms with Crippen molar-refractivity contribution in [2.75, 3.05) is 40.9 Å². The first-order valence-corrected chi connectivity index (χ1v) is 7.35. The third-order valence-corrected chi connectivity index (χ3v) is 4.26. The summed E-state index contributed by atoms with van der Waals surface area (Å²) in [4.78, 5) is 2.53. The van der Waals surface area contributed by atoms with Crippen LogP contribution < -0.4 is 14.8 Å². The molecule has 0 saturated carbocycles. The van der Waals surface area contributed by atoms with E-state index in [2.05, 4.69) is 23.2 Å². The van der Waals surface area contributed by atoms with Crippen molar-refractivity contribution in [3.8, 4) is 11.5 Å². The number of benzene rings is 1. The number of ether oxygens (including phenoxy) is 2. The molecule has 2 rings (SSSR count). The Morgan fingerprint density at radius 3 is 2.50 bits per heavy atom. The van der Waals surface area contributed by atoms with E-state index in [9.17, 15) is 0 Å². The highest BCUT2D eigenvalue weighted by molar-refractivity contribution is 5.85. The highest BCUT2D eigenvalue weighted by Crippen LogP contribution is 2.41. The van der Waals surface area contributed by atoms with Crippen molar-refractivity contribution in [1.82, 2.24) is 10.2 Å². The van der Waals surface area contributed by atoms with Crippen LogP contribution in [0, 0.1) is 5.92 Å². The molecule has 1 aromatic carbocycles. The van der Waals surface area contributed by atoms with E-state index in [-0.39, 0.29) is 24.8 Å². The first kappa shape index (κ1) is 21.3. The largest absolute Gasteiger partial charge is 0.497 e. The van der Waals surface area contributed by atoms with Crippen LogP contribution in [-0.2, 0) is 0 Å². The molecule has 2 unspecified atom stereocenters. The summed E-state index contributed by atoms with van der Waals surface area (Å²) in [6, 6.07) is 6.59. The number of methoxy groups -OCH3 is 2. The maximum Gasteiger partial charge on any atom is 0.127 e. The van der Waals surface area contributed by atoms with E-state index >= 15 is 0 Å². The lowest BCUT2D eigenvalue weighted by Crippen LogP contribution is -2.29. The van der Waals surface area contributed by atoms with Crippen molar-refractivity contribution in [3.05, 3.63) is 23.8 Å². The molecule has 128 valence electrons. The second-order valence-electron chi connectivity index (χ2n) is 5.29. The van der Waals surface area contributed by atoms with Crippen molar-refractivity contribution in [2.24, 2.45) is 5.92 Å². The van der Waals surface area contributed by atoms with Crippen LogP contribution in [0.5, 0.6) is 11.5 Å². The fraction of sp³-hybridized carbons (Fsp3) is 0.625. The van der Waals surface area contributed by atoms with Crippen molar-refractivity contribution >= 4 is 24.8 Å². The van der Waals surface area contributed by atoms with Crippen LogP contribution in [0.4, 0.5) is 0 Å². The molecule has 1 aliphatic rings. The summed E-state index contributed by atoms with van der Waals surface area (Å²) < 4.78 is 10.9. The van der Waals surface area contributed by atoms with E-state index in [1.54, 1.807) is 14.2 Å². The average Bonchev–Trinajstić information content (AvgIpc) is 2.89. The molecule has 1 heterocycles. The van der Waals surface area contributed by atoms with Crippen LogP contribution >= 0.6 is 24.8 Å². The Bertz CT molecular complexity index is 446. The predicted molar refractivity (Wildman–Crippen MR) is 96.1 cm³/mol. The molecule has 0 aliphatic carbocycles. The minimum Gasteiger partial charge on any atom is -0.497 e. The van der Waals surface area contributed by atoms with Gasteiger partial charge < -0.3 is 14.8 Å². The molecule has 0 spiro atoms. The Morgan fingerprint density at radius 1 is 1.23 bits per heavy atom. The maximum atomic E-state index is 5.59. The normalized spacial score (nSPS) is 20.9. The van der Waals surface area contributed by atoms with Gasteiger partial charge in [-0.05, 0) is 45.1 Å². The van der Waals surface area contributed by atoms with Crippen LogP contribution in [-0.4, -0.2) is 45.8 Å². The number of hydrogen-bond acceptors (Lipinski definition) is 4. The molecule has 1 fully saturated rings. The smallest absolute Gasteiger partial charge is 0.127 e. The third-order valence-electron chi connectivity index (χ3n) is 4.26. The van der Waals surface area contributed by atoms with Crippen LogP contribution in [0.15, 0.2) is 18.2 Å². The quantitative estimate of drug-likeness (QED) is 0.854. The zero-order valence-electron chi connectivity index (χ0n) is 13.8. The van der Waals surface area contributed by atoms with Gasteiger partial charge in [0.2, 0.25) is 0 Å². The highest BCUT2D eigenvalue weighted by atomic mass is 35.5. The van der Waals surface area contributed by atoms with Gasteiger partial charge in [-0.2, -0.15) is 0 Å². The highest BCUT2D eigenvalue weighted by Gasteiger charge is 2.35. The molecule has 0 bridgehead atoms. The fourth-order valence-corrected chi connectivity index (χ4v) is 3.27. The van der Waals surface area contributed by atoms with Crippen LogP contribution in [0.25, 0.3) is 0 Å². The first-order valence-electron chi connectivity index (χ1n) is 7.35. The molecule has 0 radical (unpaired) electrons. The summed E-state index contributed by atoms with van der Waals surface area (Å²) in [5, 5.41) is 3.32. The van der Waals surface area contributed by atoms with Gasteiger partial charge in [0.15, 0.2) is 0 Å². The van der Waals surface area contributed by atoms with E-state index in [0.717, 1.165) is 31.1 Å². The summed E-state index contributed by atoms with van der Waals surface area (Å²) in [5.74, 6) is 2.40. The Kier molecular flexibility index (Phi) is 9.85.